The molecule has 0 aromatic rings. The first-order chi connectivity index (χ1) is 4.75. The van der Waals surface area contributed by atoms with Gasteiger partial charge in [0.1, 0.15) is 0 Å². The molecule has 2 atom stereocenters. The second kappa shape index (κ2) is 3.03. The second-order valence-corrected chi connectivity index (χ2v) is 3.14. The first kappa shape index (κ1) is 7.56. The molecular formula is C8H14N2. The van der Waals surface area contributed by atoms with Crippen LogP contribution in [0.25, 0.3) is 0 Å². The van der Waals surface area contributed by atoms with E-state index in [0.29, 0.717) is 12.6 Å². The van der Waals surface area contributed by atoms with Crippen molar-refractivity contribution in [3.8, 4) is 6.07 Å². The van der Waals surface area contributed by atoms with Crippen LogP contribution in [0, 0.1) is 17.2 Å². The zero-order chi connectivity index (χ0) is 7.56. The molecule has 0 aliphatic carbocycles. The highest BCUT2D eigenvalue weighted by molar-refractivity contribution is 4.87. The minimum absolute atomic E-state index is 0.603. The number of likely N-dealkylation sites (tertiary alicyclic amines) is 1. The molecule has 1 fully saturated rings. The molecule has 1 rings (SSSR count). The largest absolute Gasteiger partial charge is 0.288 e. The SMILES string of the molecule is CC1CCN(CC#N)C1C. The minimum Gasteiger partial charge on any atom is -0.288 e. The number of nitriles is 1. The van der Waals surface area contributed by atoms with Crippen LogP contribution < -0.4 is 0 Å². The Morgan fingerprint density at radius 3 is 2.70 bits per heavy atom. The number of hydrogen-bond acceptors (Lipinski definition) is 2. The van der Waals surface area contributed by atoms with Crippen molar-refractivity contribution in [1.82, 2.24) is 4.90 Å². The van der Waals surface area contributed by atoms with E-state index >= 15 is 0 Å². The lowest BCUT2D eigenvalue weighted by Crippen LogP contribution is -2.29. The van der Waals surface area contributed by atoms with E-state index in [0.717, 1.165) is 12.5 Å². The maximum Gasteiger partial charge on any atom is 0.0868 e. The normalized spacial score (nSPS) is 34.1. The lowest BCUT2D eigenvalue weighted by atomic mass is 10.1. The Kier molecular flexibility index (Phi) is 2.29. The van der Waals surface area contributed by atoms with E-state index in [1.807, 2.05) is 0 Å². The molecule has 10 heavy (non-hydrogen) atoms. The summed E-state index contributed by atoms with van der Waals surface area (Å²) in [4.78, 5) is 2.24. The summed E-state index contributed by atoms with van der Waals surface area (Å²) in [5.74, 6) is 0.772. The van der Waals surface area contributed by atoms with Crippen LogP contribution in [0.3, 0.4) is 0 Å². The van der Waals surface area contributed by atoms with Crippen molar-refractivity contribution in [3.05, 3.63) is 0 Å². The van der Waals surface area contributed by atoms with Crippen LogP contribution in [0.1, 0.15) is 20.3 Å². The van der Waals surface area contributed by atoms with Crippen LogP contribution in [0.4, 0.5) is 0 Å². The summed E-state index contributed by atoms with van der Waals surface area (Å²) in [7, 11) is 0. The predicted molar refractivity (Wildman–Crippen MR) is 40.4 cm³/mol. The molecule has 0 saturated carbocycles. The fraction of sp³-hybridized carbons (Fsp3) is 0.875. The summed E-state index contributed by atoms with van der Waals surface area (Å²) >= 11 is 0. The summed E-state index contributed by atoms with van der Waals surface area (Å²) in [5.41, 5.74) is 0. The van der Waals surface area contributed by atoms with Crippen LogP contribution in [0.15, 0.2) is 0 Å². The molecule has 0 radical (unpaired) electrons. The summed E-state index contributed by atoms with van der Waals surface area (Å²) in [6.45, 7) is 6.17. The molecule has 1 aliphatic rings. The molecule has 1 heterocycles. The Balaban J connectivity index is 2.43. The Bertz CT molecular complexity index is 148. The third kappa shape index (κ3) is 1.30. The van der Waals surface area contributed by atoms with Crippen LogP contribution in [-0.2, 0) is 0 Å². The molecule has 0 spiro atoms. The molecule has 2 nitrogen and oxygen atoms in total. The Hall–Kier alpha value is -0.550. The van der Waals surface area contributed by atoms with Gasteiger partial charge in [-0.1, -0.05) is 6.92 Å². The number of hydrogen-bond donors (Lipinski definition) is 0. The number of rotatable bonds is 1. The van der Waals surface area contributed by atoms with Crippen LogP contribution >= 0.6 is 0 Å². The average Bonchev–Trinajstić information content (AvgIpc) is 2.20. The van der Waals surface area contributed by atoms with Crippen molar-refractivity contribution in [1.29, 1.82) is 5.26 Å². The van der Waals surface area contributed by atoms with E-state index in [1.165, 1.54) is 6.42 Å². The standard InChI is InChI=1S/C8H14N2/c1-7-3-5-10(6-4-9)8(7)2/h7-8H,3,5-6H2,1-2H3. The topological polar surface area (TPSA) is 27.0 Å². The van der Waals surface area contributed by atoms with Crippen molar-refractivity contribution in [2.75, 3.05) is 13.1 Å². The van der Waals surface area contributed by atoms with Gasteiger partial charge in [-0.25, -0.2) is 0 Å². The van der Waals surface area contributed by atoms with E-state index < -0.39 is 0 Å². The average molecular weight is 138 g/mol. The molecule has 0 aromatic heterocycles. The minimum atomic E-state index is 0.603. The maximum absolute atomic E-state index is 8.44. The third-order valence-corrected chi connectivity index (χ3v) is 2.54. The van der Waals surface area contributed by atoms with Gasteiger partial charge in [0.2, 0.25) is 0 Å². The van der Waals surface area contributed by atoms with Gasteiger partial charge in [-0.3, -0.25) is 4.90 Å². The van der Waals surface area contributed by atoms with Crippen LogP contribution in [0.5, 0.6) is 0 Å². The predicted octanol–water partition coefficient (Wildman–Crippen LogP) is 1.24. The fourth-order valence-electron chi connectivity index (χ4n) is 1.49. The first-order valence-electron chi connectivity index (χ1n) is 3.86. The van der Waals surface area contributed by atoms with Gasteiger partial charge >= 0.3 is 0 Å². The van der Waals surface area contributed by atoms with E-state index in [-0.39, 0.29) is 0 Å². The van der Waals surface area contributed by atoms with Gasteiger partial charge in [0.25, 0.3) is 0 Å². The molecule has 2 unspecified atom stereocenters. The van der Waals surface area contributed by atoms with Gasteiger partial charge in [-0.15, -0.1) is 0 Å². The van der Waals surface area contributed by atoms with Crippen molar-refractivity contribution in [2.45, 2.75) is 26.3 Å². The summed E-state index contributed by atoms with van der Waals surface area (Å²) in [6, 6.07) is 2.80. The van der Waals surface area contributed by atoms with Crippen LogP contribution in [-0.4, -0.2) is 24.0 Å². The molecule has 0 aromatic carbocycles. The molecule has 0 amide bonds. The van der Waals surface area contributed by atoms with Crippen molar-refractivity contribution < 1.29 is 0 Å². The molecule has 0 N–H and O–H groups in total. The lowest BCUT2D eigenvalue weighted by Gasteiger charge is -2.19. The smallest absolute Gasteiger partial charge is 0.0868 e. The van der Waals surface area contributed by atoms with Gasteiger partial charge < -0.3 is 0 Å². The fourth-order valence-corrected chi connectivity index (χ4v) is 1.49. The third-order valence-electron chi connectivity index (χ3n) is 2.54. The van der Waals surface area contributed by atoms with E-state index in [4.69, 9.17) is 5.26 Å². The van der Waals surface area contributed by atoms with Gasteiger partial charge in [0.15, 0.2) is 0 Å². The summed E-state index contributed by atoms with van der Waals surface area (Å²) < 4.78 is 0. The van der Waals surface area contributed by atoms with E-state index in [1.54, 1.807) is 0 Å². The van der Waals surface area contributed by atoms with E-state index in [2.05, 4.69) is 24.8 Å². The van der Waals surface area contributed by atoms with Gasteiger partial charge in [0.05, 0.1) is 12.6 Å². The lowest BCUT2D eigenvalue weighted by molar-refractivity contribution is 0.276. The highest BCUT2D eigenvalue weighted by Gasteiger charge is 2.26. The van der Waals surface area contributed by atoms with Crippen molar-refractivity contribution >= 4 is 0 Å². The van der Waals surface area contributed by atoms with Crippen molar-refractivity contribution in [2.24, 2.45) is 5.92 Å². The second-order valence-electron chi connectivity index (χ2n) is 3.14. The highest BCUT2D eigenvalue weighted by Crippen LogP contribution is 2.22. The Labute approximate surface area is 62.4 Å². The first-order valence-corrected chi connectivity index (χ1v) is 3.86. The van der Waals surface area contributed by atoms with Gasteiger partial charge in [-0.05, 0) is 25.8 Å². The molecule has 2 heteroatoms. The van der Waals surface area contributed by atoms with E-state index in [9.17, 15) is 0 Å². The monoisotopic (exact) mass is 138 g/mol. The highest BCUT2D eigenvalue weighted by atomic mass is 15.2. The van der Waals surface area contributed by atoms with Crippen LogP contribution in [0.2, 0.25) is 0 Å². The Morgan fingerprint density at radius 1 is 1.60 bits per heavy atom. The van der Waals surface area contributed by atoms with Crippen molar-refractivity contribution in [3.63, 3.8) is 0 Å². The molecule has 56 valence electrons. The molecule has 0 bridgehead atoms. The van der Waals surface area contributed by atoms with Gasteiger partial charge in [0, 0.05) is 6.04 Å². The molecule has 1 saturated heterocycles. The van der Waals surface area contributed by atoms with Gasteiger partial charge in [-0.2, -0.15) is 5.26 Å². The zero-order valence-corrected chi connectivity index (χ0v) is 6.67. The summed E-state index contributed by atoms with van der Waals surface area (Å²) in [6.07, 6.45) is 1.25. The summed E-state index contributed by atoms with van der Waals surface area (Å²) in [5, 5.41) is 8.44. The maximum atomic E-state index is 8.44. The quantitative estimate of drug-likeness (QED) is 0.510. The Morgan fingerprint density at radius 2 is 2.30 bits per heavy atom. The zero-order valence-electron chi connectivity index (χ0n) is 6.67. The number of nitrogens with zero attached hydrogens (tertiary/aromatic N) is 2. The molecule has 1 aliphatic heterocycles. The molecular weight excluding hydrogens is 124 g/mol.